The van der Waals surface area contributed by atoms with Crippen molar-refractivity contribution in [2.75, 3.05) is 29.5 Å². The summed E-state index contributed by atoms with van der Waals surface area (Å²) in [6.45, 7) is 6.70. The predicted molar refractivity (Wildman–Crippen MR) is 159 cm³/mol. The van der Waals surface area contributed by atoms with E-state index in [0.717, 1.165) is 49.1 Å². The second kappa shape index (κ2) is 15.2. The lowest BCUT2D eigenvalue weighted by molar-refractivity contribution is -0.139. The van der Waals surface area contributed by atoms with Crippen LogP contribution in [0.1, 0.15) is 71.8 Å². The maximum Gasteiger partial charge on any atom is 0.420 e. The van der Waals surface area contributed by atoms with Gasteiger partial charge in [0.1, 0.15) is 17.9 Å². The van der Waals surface area contributed by atoms with Gasteiger partial charge in [-0.3, -0.25) is 9.69 Å². The van der Waals surface area contributed by atoms with Crippen molar-refractivity contribution in [3.05, 3.63) is 41.2 Å². The van der Waals surface area contributed by atoms with Crippen LogP contribution in [0.3, 0.4) is 0 Å². The molecule has 1 aliphatic rings. The minimum atomic E-state index is -4.81. The zero-order valence-electron chi connectivity index (χ0n) is 24.7. The maximum absolute atomic E-state index is 15.0. The summed E-state index contributed by atoms with van der Waals surface area (Å²) in [5, 5.41) is 1.29. The lowest BCUT2D eigenvalue weighted by atomic mass is 10.1. The average Bonchev–Trinajstić information content (AvgIpc) is 3.31. The van der Waals surface area contributed by atoms with E-state index in [1.165, 1.54) is 23.5 Å². The normalized spacial score (nSPS) is 13.3. The summed E-state index contributed by atoms with van der Waals surface area (Å²) in [6.07, 6.45) is 4.47. The predicted octanol–water partition coefficient (Wildman–Crippen LogP) is 7.59. The molecule has 2 heterocycles. The highest BCUT2D eigenvalue weighted by atomic mass is 32.1. The highest BCUT2D eigenvalue weighted by Crippen LogP contribution is 2.41. The number of rotatable bonds is 13. The van der Waals surface area contributed by atoms with Gasteiger partial charge in [-0.05, 0) is 51.5 Å². The lowest BCUT2D eigenvalue weighted by Crippen LogP contribution is -2.40. The molecule has 14 heteroatoms. The van der Waals surface area contributed by atoms with Crippen LogP contribution >= 0.6 is 11.3 Å². The summed E-state index contributed by atoms with van der Waals surface area (Å²) in [4.78, 5) is 36.0. The molecule has 1 N–H and O–H groups in total. The van der Waals surface area contributed by atoms with Gasteiger partial charge in [0.05, 0.1) is 24.2 Å². The van der Waals surface area contributed by atoms with Gasteiger partial charge >= 0.3 is 12.3 Å². The van der Waals surface area contributed by atoms with Crippen molar-refractivity contribution in [1.29, 1.82) is 0 Å². The monoisotopic (exact) mass is 627 g/mol. The molecular weight excluding hydrogens is 590 g/mol. The van der Waals surface area contributed by atoms with Crippen LogP contribution in [0.5, 0.6) is 5.75 Å². The quantitative estimate of drug-likeness (QED) is 0.182. The van der Waals surface area contributed by atoms with Crippen LogP contribution < -0.4 is 19.9 Å². The van der Waals surface area contributed by atoms with Crippen molar-refractivity contribution in [2.45, 2.75) is 78.0 Å². The lowest BCUT2D eigenvalue weighted by Gasteiger charge is -2.24. The summed E-state index contributed by atoms with van der Waals surface area (Å²) in [7, 11) is 0. The molecule has 0 saturated heterocycles. The highest BCUT2D eigenvalue weighted by molar-refractivity contribution is 7.14. The number of carbonyl (C=O) groups excluding carboxylic acids is 2. The summed E-state index contributed by atoms with van der Waals surface area (Å²) in [6, 6.07) is 3.15. The van der Waals surface area contributed by atoms with Crippen molar-refractivity contribution >= 4 is 46.3 Å². The van der Waals surface area contributed by atoms with E-state index in [9.17, 15) is 22.8 Å². The van der Waals surface area contributed by atoms with E-state index in [4.69, 9.17) is 9.47 Å². The number of aromatic nitrogens is 1. The Balaban J connectivity index is 1.91. The molecule has 2 aromatic rings. The third-order valence-corrected chi connectivity index (χ3v) is 6.85. The summed E-state index contributed by atoms with van der Waals surface area (Å²) in [5.41, 5.74) is -2.18. The zero-order valence-corrected chi connectivity index (χ0v) is 25.5. The number of benzene rings is 1. The zero-order chi connectivity index (χ0) is 31.6. The van der Waals surface area contributed by atoms with Gasteiger partial charge in [-0.2, -0.15) is 22.5 Å². The maximum atomic E-state index is 15.0. The molecule has 0 unspecified atom stereocenters. The second-order valence-electron chi connectivity index (χ2n) is 10.8. The molecule has 0 spiro atoms. The number of hydrogen-bond donors (Lipinski definition) is 1. The van der Waals surface area contributed by atoms with Crippen molar-refractivity contribution in [1.82, 2.24) is 10.3 Å². The van der Waals surface area contributed by atoms with Crippen LogP contribution in [0, 0.1) is 5.13 Å². The molecule has 3 rings (SSSR count). The number of unbranched alkanes of at least 4 members (excludes halogenated alkanes) is 5. The molecule has 0 radical (unpaired) electrons. The largest absolute Gasteiger partial charge is 0.493 e. The molecule has 9 nitrogen and oxygen atoms in total. The fraction of sp³-hybridized carbons (Fsp3) is 0.517. The van der Waals surface area contributed by atoms with Gasteiger partial charge in [-0.25, -0.2) is 9.79 Å². The molecule has 2 amide bonds. The Kier molecular flexibility index (Phi) is 11.9. The number of halogens is 4. The third-order valence-electron chi connectivity index (χ3n) is 6.04. The summed E-state index contributed by atoms with van der Waals surface area (Å²) in [5.74, 6) is -1.40. The van der Waals surface area contributed by atoms with Gasteiger partial charge in [0.15, 0.2) is 5.82 Å². The topological polar surface area (TPSA) is 96.4 Å². The number of anilines is 3. The smallest absolute Gasteiger partial charge is 0.420 e. The molecule has 0 saturated carbocycles. The number of nitrogens with one attached hydrogen (secondary N) is 1. The average molecular weight is 628 g/mol. The van der Waals surface area contributed by atoms with Crippen molar-refractivity contribution < 1.29 is 36.6 Å². The Bertz CT molecular complexity index is 1310. The molecule has 0 atom stereocenters. The minimum absolute atomic E-state index is 0.101. The summed E-state index contributed by atoms with van der Waals surface area (Å²) >= 11 is 0.469. The van der Waals surface area contributed by atoms with Gasteiger partial charge in [0.25, 0.3) is 5.91 Å². The number of alkyl carbamates (subject to hydrolysis) is 1. The molecule has 43 heavy (non-hydrogen) atoms. The number of aliphatic imine (C=N–C) groups is 1. The van der Waals surface area contributed by atoms with Crippen molar-refractivity contribution in [3.8, 4) is 5.75 Å². The van der Waals surface area contributed by atoms with E-state index >= 15 is 4.39 Å². The molecule has 0 aliphatic carbocycles. The SMILES string of the molecule is CCCCCCCCOc1ccc(N(C(=O)CNC(=O)OC(C)(C)C)c2nc(N3C=NC=CC3)c(F)s2)cc1C(F)(F)F. The Morgan fingerprint density at radius 2 is 1.84 bits per heavy atom. The Labute approximate surface area is 252 Å². The van der Waals surface area contributed by atoms with Crippen LogP contribution in [0.2, 0.25) is 0 Å². The van der Waals surface area contributed by atoms with Gasteiger partial charge < -0.3 is 19.7 Å². The first-order valence-electron chi connectivity index (χ1n) is 14.0. The number of amides is 2. The number of nitrogens with zero attached hydrogens (tertiary/aromatic N) is 4. The van der Waals surface area contributed by atoms with E-state index in [1.807, 2.05) is 0 Å². The summed E-state index contributed by atoms with van der Waals surface area (Å²) < 4.78 is 68.2. The Morgan fingerprint density at radius 3 is 2.49 bits per heavy atom. The molecule has 1 aromatic carbocycles. The van der Waals surface area contributed by atoms with Crippen LogP contribution in [0.4, 0.5) is 39.0 Å². The molecule has 0 bridgehead atoms. The van der Waals surface area contributed by atoms with Gasteiger partial charge in [0, 0.05) is 12.7 Å². The number of carbonyl (C=O) groups is 2. The van der Waals surface area contributed by atoms with Crippen LogP contribution in [0.15, 0.2) is 35.5 Å². The van der Waals surface area contributed by atoms with Gasteiger partial charge in [-0.1, -0.05) is 50.4 Å². The molecule has 1 aromatic heterocycles. The Hall–Kier alpha value is -3.68. The van der Waals surface area contributed by atoms with Crippen LogP contribution in [-0.4, -0.2) is 48.6 Å². The third kappa shape index (κ3) is 10.2. The van der Waals surface area contributed by atoms with Crippen molar-refractivity contribution in [2.24, 2.45) is 4.99 Å². The fourth-order valence-electron chi connectivity index (χ4n) is 4.06. The second-order valence-corrected chi connectivity index (χ2v) is 11.7. The van der Waals surface area contributed by atoms with E-state index in [2.05, 4.69) is 22.2 Å². The fourth-order valence-corrected chi connectivity index (χ4v) is 4.90. The Morgan fingerprint density at radius 1 is 1.12 bits per heavy atom. The number of alkyl halides is 3. The van der Waals surface area contributed by atoms with Crippen LogP contribution in [-0.2, 0) is 15.7 Å². The molecular formula is C29H37F4N5O4S. The highest BCUT2D eigenvalue weighted by Gasteiger charge is 2.36. The number of ether oxygens (including phenoxy) is 2. The van der Waals surface area contributed by atoms with E-state index in [1.54, 1.807) is 26.8 Å². The minimum Gasteiger partial charge on any atom is -0.493 e. The number of thiazole rings is 1. The first-order valence-corrected chi connectivity index (χ1v) is 14.9. The molecule has 0 fully saturated rings. The molecule has 236 valence electrons. The first-order chi connectivity index (χ1) is 20.3. The van der Waals surface area contributed by atoms with Gasteiger partial charge in [0.2, 0.25) is 10.3 Å². The van der Waals surface area contributed by atoms with Crippen molar-refractivity contribution in [3.63, 3.8) is 0 Å². The van der Waals surface area contributed by atoms with E-state index < -0.39 is 41.0 Å². The van der Waals surface area contributed by atoms with E-state index in [0.29, 0.717) is 17.8 Å². The standard InChI is InChI=1S/C29H37F4N5O4S/c1-5-6-7-8-9-10-16-41-22-13-12-20(17-21(22)29(31,32)33)38(23(39)18-35-27(40)42-28(2,3)4)26-36-25(24(30)43-26)37-15-11-14-34-19-37/h11-14,17,19H,5-10,15-16,18H2,1-4H3,(H,35,40). The van der Waals surface area contributed by atoms with Crippen LogP contribution in [0.25, 0.3) is 0 Å². The number of hydrogen-bond acceptors (Lipinski definition) is 8. The first kappa shape index (κ1) is 33.8. The van der Waals surface area contributed by atoms with Gasteiger partial charge in [-0.15, -0.1) is 0 Å². The molecule has 1 aliphatic heterocycles. The van der Waals surface area contributed by atoms with E-state index in [-0.39, 0.29) is 35.5 Å².